The minimum atomic E-state index is -4.65. The molecule has 0 heterocycles. The summed E-state index contributed by atoms with van der Waals surface area (Å²) in [7, 11) is 0. The number of allylic oxidation sites excluding steroid dienone is 4. The van der Waals surface area contributed by atoms with E-state index in [1.54, 1.807) is 6.92 Å². The molecule has 4 aliphatic rings. The number of alkyl halides is 3. The van der Waals surface area contributed by atoms with Crippen molar-refractivity contribution in [2.75, 3.05) is 5.73 Å². The highest BCUT2D eigenvalue weighted by molar-refractivity contribution is 5.93. The maximum atomic E-state index is 13.5. The van der Waals surface area contributed by atoms with Crippen molar-refractivity contribution in [2.24, 2.45) is 28.6 Å². The quantitative estimate of drug-likeness (QED) is 0.354. The normalized spacial score (nSPS) is 35.1. The summed E-state index contributed by atoms with van der Waals surface area (Å²) in [6.07, 6.45) is 0.901. The van der Waals surface area contributed by atoms with Gasteiger partial charge in [0.05, 0.1) is 5.41 Å². The van der Waals surface area contributed by atoms with Crippen molar-refractivity contribution < 1.29 is 22.8 Å². The Morgan fingerprint density at radius 2 is 1.89 bits per heavy atom. The summed E-state index contributed by atoms with van der Waals surface area (Å²) in [6, 6.07) is 7.73. The van der Waals surface area contributed by atoms with Crippen LogP contribution in [-0.2, 0) is 9.59 Å². The number of nitrogens with two attached hydrogens (primary N) is 1. The highest BCUT2D eigenvalue weighted by Gasteiger charge is 2.65. The molecule has 1 unspecified atom stereocenters. The third kappa shape index (κ3) is 4.06. The van der Waals surface area contributed by atoms with Gasteiger partial charge in [-0.3, -0.25) is 9.59 Å². The van der Waals surface area contributed by atoms with Crippen LogP contribution in [0.1, 0.15) is 77.2 Å². The van der Waals surface area contributed by atoms with E-state index in [1.807, 2.05) is 37.3 Å². The van der Waals surface area contributed by atoms with Crippen molar-refractivity contribution >= 4 is 17.3 Å². The molecule has 1 aromatic carbocycles. The maximum Gasteiger partial charge on any atom is 0.457 e. The van der Waals surface area contributed by atoms with Crippen LogP contribution in [0.3, 0.4) is 0 Å². The lowest BCUT2D eigenvalue weighted by atomic mass is 9.47. The van der Waals surface area contributed by atoms with Gasteiger partial charge in [0.1, 0.15) is 0 Å². The minimum absolute atomic E-state index is 0.0553. The summed E-state index contributed by atoms with van der Waals surface area (Å²) in [5.41, 5.74) is 9.37. The third-order valence-corrected chi connectivity index (χ3v) is 9.84. The van der Waals surface area contributed by atoms with Crippen molar-refractivity contribution in [3.8, 4) is 11.8 Å². The van der Waals surface area contributed by atoms with Gasteiger partial charge in [0, 0.05) is 30.4 Å². The van der Waals surface area contributed by atoms with Crippen LogP contribution in [0.4, 0.5) is 18.9 Å². The first kappa shape index (κ1) is 25.8. The van der Waals surface area contributed by atoms with Gasteiger partial charge in [-0.1, -0.05) is 44.4 Å². The van der Waals surface area contributed by atoms with E-state index in [2.05, 4.69) is 12.8 Å². The predicted molar refractivity (Wildman–Crippen MR) is 137 cm³/mol. The van der Waals surface area contributed by atoms with Crippen LogP contribution in [0, 0.1) is 40.4 Å². The number of carbonyl (C=O) groups is 2. The Morgan fingerprint density at radius 1 is 1.19 bits per heavy atom. The standard InChI is InChI=1S/C31H34F3NO2/c1-4-27(37)30(13-14-31(32,33)34)12-11-26-24-15-18(2)23-16-21(36)9-10-22(23)28(24)25(17-29(26,30)3)19-5-7-20(35)8-6-19/h5-8,16,18,24-26H,4,9-12,15,17,35H2,1-3H3/t18?,24-,25+,26-,29-,30-/m0/s1. The lowest BCUT2D eigenvalue weighted by Gasteiger charge is -2.55. The highest BCUT2D eigenvalue weighted by Crippen LogP contribution is 2.70. The molecular weight excluding hydrogens is 475 g/mol. The SMILES string of the molecule is CCC(=O)[C@@]1(C#CC(F)(F)F)CC[C@H]2[C@@H]3CC(C)C4=CC(=O)CCC4=C3[C@@H](c3ccc(N)cc3)C[C@@]21C. The number of halogens is 3. The van der Waals surface area contributed by atoms with Crippen molar-refractivity contribution in [1.29, 1.82) is 0 Å². The molecule has 0 aliphatic heterocycles. The topological polar surface area (TPSA) is 60.2 Å². The smallest absolute Gasteiger partial charge is 0.399 e. The van der Waals surface area contributed by atoms with Crippen LogP contribution in [0.5, 0.6) is 0 Å². The van der Waals surface area contributed by atoms with Gasteiger partial charge in [0.25, 0.3) is 0 Å². The fraction of sp³-hybridized carbons (Fsp3) is 0.548. The molecule has 2 saturated carbocycles. The van der Waals surface area contributed by atoms with Crippen LogP contribution in [0.15, 0.2) is 47.1 Å². The molecule has 5 rings (SSSR count). The molecule has 2 fully saturated rings. The molecule has 6 atom stereocenters. The maximum absolute atomic E-state index is 13.5. The van der Waals surface area contributed by atoms with Crippen LogP contribution >= 0.6 is 0 Å². The lowest BCUT2D eigenvalue weighted by Crippen LogP contribution is -2.51. The molecule has 3 nitrogen and oxygen atoms in total. The number of hydrogen-bond donors (Lipinski definition) is 1. The number of hydrogen-bond acceptors (Lipinski definition) is 3. The predicted octanol–water partition coefficient (Wildman–Crippen LogP) is 6.95. The van der Waals surface area contributed by atoms with Gasteiger partial charge < -0.3 is 5.73 Å². The van der Waals surface area contributed by atoms with Gasteiger partial charge in [0.15, 0.2) is 11.6 Å². The molecule has 2 N–H and O–H groups in total. The van der Waals surface area contributed by atoms with E-state index in [-0.39, 0.29) is 41.7 Å². The summed E-state index contributed by atoms with van der Waals surface area (Å²) in [5, 5.41) is 0. The molecule has 6 heteroatoms. The van der Waals surface area contributed by atoms with Gasteiger partial charge in [-0.2, -0.15) is 13.2 Å². The number of nitrogen functional groups attached to an aromatic ring is 1. The molecular formula is C31H34F3NO2. The third-order valence-electron chi connectivity index (χ3n) is 9.84. The average molecular weight is 510 g/mol. The number of carbonyl (C=O) groups excluding carboxylic acids is 2. The van der Waals surface area contributed by atoms with E-state index in [9.17, 15) is 22.8 Å². The number of benzene rings is 1. The molecule has 0 aromatic heterocycles. The van der Waals surface area contributed by atoms with Crippen LogP contribution in [0.2, 0.25) is 0 Å². The van der Waals surface area contributed by atoms with E-state index in [0.29, 0.717) is 37.8 Å². The first-order chi connectivity index (χ1) is 17.4. The Kier molecular flexibility index (Phi) is 6.21. The summed E-state index contributed by atoms with van der Waals surface area (Å²) >= 11 is 0. The van der Waals surface area contributed by atoms with E-state index in [4.69, 9.17) is 5.73 Å². The summed E-state index contributed by atoms with van der Waals surface area (Å²) < 4.78 is 40.1. The monoisotopic (exact) mass is 509 g/mol. The largest absolute Gasteiger partial charge is 0.457 e. The second-order valence-electron chi connectivity index (χ2n) is 11.7. The van der Waals surface area contributed by atoms with E-state index in [1.165, 1.54) is 17.1 Å². The molecule has 196 valence electrons. The molecule has 37 heavy (non-hydrogen) atoms. The second kappa shape index (κ2) is 8.89. The Labute approximate surface area is 216 Å². The number of fused-ring (bicyclic) bond motifs is 4. The van der Waals surface area contributed by atoms with Crippen LogP contribution in [0.25, 0.3) is 0 Å². The van der Waals surface area contributed by atoms with Crippen molar-refractivity contribution in [2.45, 2.75) is 77.8 Å². The number of Topliss-reactive ketones (excluding diaryl/α,β-unsaturated/α-hetero) is 1. The highest BCUT2D eigenvalue weighted by atomic mass is 19.4. The van der Waals surface area contributed by atoms with Crippen molar-refractivity contribution in [3.63, 3.8) is 0 Å². The molecule has 0 amide bonds. The van der Waals surface area contributed by atoms with Gasteiger partial charge >= 0.3 is 6.18 Å². The van der Waals surface area contributed by atoms with Gasteiger partial charge in [0.2, 0.25) is 0 Å². The number of ketones is 2. The Balaban J connectivity index is 1.73. The van der Waals surface area contributed by atoms with Crippen molar-refractivity contribution in [1.82, 2.24) is 0 Å². The zero-order valence-corrected chi connectivity index (χ0v) is 21.7. The summed E-state index contributed by atoms with van der Waals surface area (Å²) in [6.45, 7) is 5.90. The van der Waals surface area contributed by atoms with Gasteiger partial charge in [-0.05, 0) is 90.2 Å². The minimum Gasteiger partial charge on any atom is -0.399 e. The fourth-order valence-electron chi connectivity index (χ4n) is 8.22. The molecule has 0 bridgehead atoms. The number of anilines is 1. The van der Waals surface area contributed by atoms with E-state index in [0.717, 1.165) is 17.6 Å². The Bertz CT molecular complexity index is 1260. The average Bonchev–Trinajstić information content (AvgIpc) is 3.15. The summed E-state index contributed by atoms with van der Waals surface area (Å²) in [5.74, 6) is 4.36. The Morgan fingerprint density at radius 3 is 2.54 bits per heavy atom. The molecule has 0 radical (unpaired) electrons. The van der Waals surface area contributed by atoms with Crippen LogP contribution in [-0.4, -0.2) is 17.7 Å². The van der Waals surface area contributed by atoms with E-state index < -0.39 is 17.0 Å². The molecule has 1 aromatic rings. The molecule has 0 saturated heterocycles. The zero-order chi connectivity index (χ0) is 26.8. The molecule has 4 aliphatic carbocycles. The van der Waals surface area contributed by atoms with Crippen LogP contribution < -0.4 is 5.73 Å². The van der Waals surface area contributed by atoms with Gasteiger partial charge in [-0.15, -0.1) is 0 Å². The Hall–Kier alpha value is -2.81. The lowest BCUT2D eigenvalue weighted by molar-refractivity contribution is -0.132. The van der Waals surface area contributed by atoms with Gasteiger partial charge in [-0.25, -0.2) is 0 Å². The summed E-state index contributed by atoms with van der Waals surface area (Å²) in [4.78, 5) is 25.9. The number of rotatable bonds is 3. The molecule has 0 spiro atoms. The van der Waals surface area contributed by atoms with E-state index >= 15 is 0 Å². The fourth-order valence-corrected chi connectivity index (χ4v) is 8.22. The zero-order valence-electron chi connectivity index (χ0n) is 21.7. The first-order valence-electron chi connectivity index (χ1n) is 13.4. The second-order valence-corrected chi connectivity index (χ2v) is 11.7. The van der Waals surface area contributed by atoms with Crippen molar-refractivity contribution in [3.05, 3.63) is 52.6 Å². The first-order valence-corrected chi connectivity index (χ1v) is 13.4.